The Balaban J connectivity index is 1.50. The summed E-state index contributed by atoms with van der Waals surface area (Å²) in [6.07, 6.45) is 3.91. The fourth-order valence-electron chi connectivity index (χ4n) is 3.09. The van der Waals surface area contributed by atoms with Crippen LogP contribution in [0.1, 0.15) is 46.5 Å². The summed E-state index contributed by atoms with van der Waals surface area (Å²) in [6.45, 7) is 5.63. The molecule has 5 nitrogen and oxygen atoms in total. The summed E-state index contributed by atoms with van der Waals surface area (Å²) in [4.78, 5) is 4.51. The Morgan fingerprint density at radius 2 is 1.92 bits per heavy atom. The number of halogens is 1. The van der Waals surface area contributed by atoms with E-state index in [9.17, 15) is 12.8 Å². The number of aromatic nitrogens is 1. The van der Waals surface area contributed by atoms with Crippen LogP contribution in [-0.4, -0.2) is 30.7 Å². The highest BCUT2D eigenvalue weighted by molar-refractivity contribution is 7.90. The first-order chi connectivity index (χ1) is 12.1. The fourth-order valence-corrected chi connectivity index (χ4v) is 4.95. The predicted octanol–water partition coefficient (Wildman–Crippen LogP) is 4.12. The molecule has 1 aromatic carbocycles. The first-order valence-corrected chi connectivity index (χ1v) is 11.3. The monoisotopic (exact) mass is 399 g/mol. The molecule has 3 rings (SSSR count). The van der Waals surface area contributed by atoms with Gasteiger partial charge in [0.15, 0.2) is 5.13 Å². The highest BCUT2D eigenvalue weighted by Gasteiger charge is 2.30. The van der Waals surface area contributed by atoms with Crippen molar-refractivity contribution in [1.29, 1.82) is 0 Å². The van der Waals surface area contributed by atoms with Crippen LogP contribution in [0.15, 0.2) is 18.2 Å². The number of fused-ring (bicyclic) bond motifs is 1. The number of anilines is 1. The highest BCUT2D eigenvalue weighted by Crippen LogP contribution is 2.31. The number of hydrogen-bond acceptors (Lipinski definition) is 5. The van der Waals surface area contributed by atoms with Crippen LogP contribution in [0.25, 0.3) is 10.2 Å². The summed E-state index contributed by atoms with van der Waals surface area (Å²) in [5.74, 6) is 0.126. The number of nitrogens with one attached hydrogen (secondary N) is 2. The van der Waals surface area contributed by atoms with Gasteiger partial charge >= 0.3 is 0 Å². The molecular weight excluding hydrogens is 373 g/mol. The second kappa shape index (κ2) is 7.40. The van der Waals surface area contributed by atoms with Gasteiger partial charge in [-0.15, -0.1) is 0 Å². The van der Waals surface area contributed by atoms with Crippen molar-refractivity contribution in [3.8, 4) is 0 Å². The molecule has 0 aliphatic heterocycles. The van der Waals surface area contributed by atoms with Crippen molar-refractivity contribution in [2.45, 2.75) is 57.2 Å². The third kappa shape index (κ3) is 4.53. The van der Waals surface area contributed by atoms with Crippen molar-refractivity contribution in [1.82, 2.24) is 9.71 Å². The lowest BCUT2D eigenvalue weighted by molar-refractivity contribution is 0.336. The van der Waals surface area contributed by atoms with Gasteiger partial charge in [0.2, 0.25) is 10.0 Å². The standard InChI is InChI=1S/C18H26FN3O2S2/c1-18(2,3)26(23,24)20-11-12-4-7-14(8-5-12)21-17-22-15-9-6-13(19)10-16(15)25-17/h6,9-10,12,14,20H,4-5,7-8,11H2,1-3H3,(H,21,22)/t12-,14-. The molecule has 144 valence electrons. The van der Waals surface area contributed by atoms with E-state index in [0.29, 0.717) is 18.5 Å². The fraction of sp³-hybridized carbons (Fsp3) is 0.611. The lowest BCUT2D eigenvalue weighted by Gasteiger charge is -2.30. The van der Waals surface area contributed by atoms with E-state index in [2.05, 4.69) is 15.0 Å². The Morgan fingerprint density at radius 1 is 1.23 bits per heavy atom. The van der Waals surface area contributed by atoms with Crippen LogP contribution in [0, 0.1) is 11.7 Å². The Kier molecular flexibility index (Phi) is 5.55. The van der Waals surface area contributed by atoms with Crippen molar-refractivity contribution in [3.05, 3.63) is 24.0 Å². The largest absolute Gasteiger partial charge is 0.359 e. The average molecular weight is 400 g/mol. The number of hydrogen-bond donors (Lipinski definition) is 2. The van der Waals surface area contributed by atoms with Crippen molar-refractivity contribution in [2.24, 2.45) is 5.92 Å². The van der Waals surface area contributed by atoms with E-state index in [0.717, 1.165) is 41.0 Å². The third-order valence-electron chi connectivity index (χ3n) is 4.89. The summed E-state index contributed by atoms with van der Waals surface area (Å²) < 4.78 is 40.4. The molecule has 0 bridgehead atoms. The molecule has 1 saturated carbocycles. The van der Waals surface area contributed by atoms with Crippen molar-refractivity contribution >= 4 is 36.7 Å². The van der Waals surface area contributed by atoms with E-state index in [1.807, 2.05) is 0 Å². The molecule has 1 aliphatic rings. The zero-order valence-electron chi connectivity index (χ0n) is 15.4. The molecule has 2 aromatic rings. The number of thiazole rings is 1. The predicted molar refractivity (Wildman–Crippen MR) is 106 cm³/mol. The summed E-state index contributed by atoms with van der Waals surface area (Å²) in [6, 6.07) is 4.97. The maximum absolute atomic E-state index is 13.3. The van der Waals surface area contributed by atoms with Crippen LogP contribution in [0.3, 0.4) is 0 Å². The van der Waals surface area contributed by atoms with E-state index in [-0.39, 0.29) is 5.82 Å². The van der Waals surface area contributed by atoms with E-state index in [4.69, 9.17) is 0 Å². The van der Waals surface area contributed by atoms with Gasteiger partial charge < -0.3 is 5.32 Å². The molecule has 1 aliphatic carbocycles. The highest BCUT2D eigenvalue weighted by atomic mass is 32.2. The number of sulfonamides is 1. The van der Waals surface area contributed by atoms with Gasteiger partial charge in [0.05, 0.1) is 15.0 Å². The molecule has 0 unspecified atom stereocenters. The molecular formula is C18H26FN3O2S2. The lowest BCUT2D eigenvalue weighted by atomic mass is 9.86. The normalized spacial score (nSPS) is 21.8. The van der Waals surface area contributed by atoms with Crippen molar-refractivity contribution < 1.29 is 12.8 Å². The molecule has 0 saturated heterocycles. The third-order valence-corrected chi connectivity index (χ3v) is 8.00. The van der Waals surface area contributed by atoms with Crippen LogP contribution >= 0.6 is 11.3 Å². The zero-order valence-corrected chi connectivity index (χ0v) is 17.0. The molecule has 26 heavy (non-hydrogen) atoms. The van der Waals surface area contributed by atoms with Gasteiger partial charge in [0.1, 0.15) is 5.82 Å². The molecule has 1 fully saturated rings. The van der Waals surface area contributed by atoms with E-state index in [1.165, 1.54) is 23.5 Å². The van der Waals surface area contributed by atoms with Gasteiger partial charge in [-0.2, -0.15) is 0 Å². The number of benzene rings is 1. The van der Waals surface area contributed by atoms with Crippen LogP contribution in [0.5, 0.6) is 0 Å². The van der Waals surface area contributed by atoms with Gasteiger partial charge in [-0.05, 0) is 70.6 Å². The lowest BCUT2D eigenvalue weighted by Crippen LogP contribution is -2.42. The smallest absolute Gasteiger partial charge is 0.216 e. The Bertz CT molecular complexity index is 866. The molecule has 8 heteroatoms. The quantitative estimate of drug-likeness (QED) is 0.793. The molecule has 0 atom stereocenters. The first kappa shape index (κ1) is 19.5. The van der Waals surface area contributed by atoms with Crippen LogP contribution in [0.4, 0.5) is 9.52 Å². The minimum Gasteiger partial charge on any atom is -0.359 e. The molecule has 0 amide bonds. The SMILES string of the molecule is CC(C)(C)S(=O)(=O)NC[C@H]1CC[C@H](Nc2nc3ccc(F)cc3s2)CC1. The minimum atomic E-state index is -3.28. The van der Waals surface area contributed by atoms with Gasteiger partial charge in [-0.25, -0.2) is 22.5 Å². The summed E-state index contributed by atoms with van der Waals surface area (Å²) in [5, 5.41) is 4.27. The molecule has 2 N–H and O–H groups in total. The molecule has 0 radical (unpaired) electrons. The topological polar surface area (TPSA) is 71.1 Å². The maximum atomic E-state index is 13.3. The Labute approximate surface area is 158 Å². The summed E-state index contributed by atoms with van der Waals surface area (Å²) in [7, 11) is -3.28. The van der Waals surface area contributed by atoms with Gasteiger partial charge in [-0.3, -0.25) is 0 Å². The van der Waals surface area contributed by atoms with Gasteiger partial charge in [0.25, 0.3) is 0 Å². The van der Waals surface area contributed by atoms with E-state index >= 15 is 0 Å². The second-order valence-electron chi connectivity index (χ2n) is 7.96. The average Bonchev–Trinajstić information content (AvgIpc) is 2.94. The minimum absolute atomic E-state index is 0.245. The second-order valence-corrected chi connectivity index (χ2v) is 11.5. The Hall–Kier alpha value is -1.25. The molecule has 1 aromatic heterocycles. The zero-order chi connectivity index (χ0) is 18.9. The van der Waals surface area contributed by atoms with Crippen LogP contribution < -0.4 is 10.0 Å². The van der Waals surface area contributed by atoms with E-state index in [1.54, 1.807) is 26.8 Å². The van der Waals surface area contributed by atoms with Crippen LogP contribution in [-0.2, 0) is 10.0 Å². The van der Waals surface area contributed by atoms with Gasteiger partial charge in [0, 0.05) is 12.6 Å². The summed E-state index contributed by atoms with van der Waals surface area (Å²) in [5.41, 5.74) is 0.809. The van der Waals surface area contributed by atoms with Gasteiger partial charge in [-0.1, -0.05) is 11.3 Å². The first-order valence-electron chi connectivity index (χ1n) is 8.96. The van der Waals surface area contributed by atoms with E-state index < -0.39 is 14.8 Å². The van der Waals surface area contributed by atoms with Crippen LogP contribution in [0.2, 0.25) is 0 Å². The number of nitrogens with zero attached hydrogens (tertiary/aromatic N) is 1. The number of rotatable bonds is 5. The van der Waals surface area contributed by atoms with Crippen molar-refractivity contribution in [2.75, 3.05) is 11.9 Å². The molecule has 1 heterocycles. The Morgan fingerprint density at radius 3 is 2.58 bits per heavy atom. The van der Waals surface area contributed by atoms with Crippen molar-refractivity contribution in [3.63, 3.8) is 0 Å². The summed E-state index contributed by atoms with van der Waals surface area (Å²) >= 11 is 1.47. The molecule has 0 spiro atoms. The maximum Gasteiger partial charge on any atom is 0.216 e.